The number of hydrogen-bond donors (Lipinski definition) is 3. The first-order valence-electron chi connectivity index (χ1n) is 8.79. The van der Waals surface area contributed by atoms with Gasteiger partial charge in [0.1, 0.15) is 0 Å². The predicted octanol–water partition coefficient (Wildman–Crippen LogP) is 3.27. The van der Waals surface area contributed by atoms with Crippen LogP contribution in [-0.4, -0.2) is 24.3 Å². The predicted molar refractivity (Wildman–Crippen MR) is 93.2 cm³/mol. The minimum Gasteiger partial charge on any atom is -0.396 e. The van der Waals surface area contributed by atoms with E-state index in [1.807, 2.05) is 30.3 Å². The smallest absolute Gasteiger partial charge is 0.315 e. The standard InChI is InChI=1S/C19H27N3O2/c20-13-7-8-14-21-18(24)22-17(16-9-3-1-4-10-16)19(15-23)11-5-2-6-12-19/h1,3-4,9-10,17,23H,2,5-8,11-12,14-15H2,(H2,21,22,24). The van der Waals surface area contributed by atoms with Crippen LogP contribution in [0.4, 0.5) is 4.79 Å². The minimum absolute atomic E-state index is 0.0707. The van der Waals surface area contributed by atoms with E-state index in [0.717, 1.165) is 31.2 Å². The van der Waals surface area contributed by atoms with Crippen molar-refractivity contribution in [3.63, 3.8) is 0 Å². The number of aliphatic hydroxyl groups excluding tert-OH is 1. The second-order valence-corrected chi connectivity index (χ2v) is 6.59. The monoisotopic (exact) mass is 329 g/mol. The summed E-state index contributed by atoms with van der Waals surface area (Å²) in [5.74, 6) is 0. The fraction of sp³-hybridized carbons (Fsp3) is 0.579. The average molecular weight is 329 g/mol. The minimum atomic E-state index is -0.302. The number of nitriles is 1. The summed E-state index contributed by atoms with van der Waals surface area (Å²) in [6, 6.07) is 11.5. The maximum absolute atomic E-state index is 12.3. The molecule has 1 aromatic rings. The van der Waals surface area contributed by atoms with Gasteiger partial charge in [-0.25, -0.2) is 4.79 Å². The number of amides is 2. The molecule has 1 atom stereocenters. The van der Waals surface area contributed by atoms with Crippen LogP contribution in [0.5, 0.6) is 0 Å². The highest BCUT2D eigenvalue weighted by atomic mass is 16.3. The van der Waals surface area contributed by atoms with Crippen molar-refractivity contribution in [2.75, 3.05) is 13.2 Å². The molecule has 0 heterocycles. The van der Waals surface area contributed by atoms with Gasteiger partial charge in [0, 0.05) is 18.4 Å². The molecule has 1 aromatic carbocycles. The molecule has 1 aliphatic rings. The van der Waals surface area contributed by atoms with Crippen molar-refractivity contribution in [1.29, 1.82) is 5.26 Å². The van der Waals surface area contributed by atoms with Crippen LogP contribution in [0.1, 0.15) is 56.6 Å². The molecule has 0 radical (unpaired) electrons. The van der Waals surface area contributed by atoms with Gasteiger partial charge in [0.05, 0.1) is 18.7 Å². The summed E-state index contributed by atoms with van der Waals surface area (Å²) < 4.78 is 0. The summed E-state index contributed by atoms with van der Waals surface area (Å²) in [6.45, 7) is 0.550. The topological polar surface area (TPSA) is 85.2 Å². The van der Waals surface area contributed by atoms with Crippen molar-refractivity contribution in [2.24, 2.45) is 5.41 Å². The summed E-state index contributed by atoms with van der Waals surface area (Å²) >= 11 is 0. The lowest BCUT2D eigenvalue weighted by Gasteiger charge is -2.43. The van der Waals surface area contributed by atoms with Gasteiger partial charge in [-0.1, -0.05) is 49.6 Å². The normalized spacial score (nSPS) is 17.5. The molecule has 1 fully saturated rings. The van der Waals surface area contributed by atoms with E-state index >= 15 is 0 Å². The molecule has 0 bridgehead atoms. The SMILES string of the molecule is N#CCCCNC(=O)NC(c1ccccc1)C1(CO)CCCCC1. The molecule has 1 aliphatic carbocycles. The number of carbonyl (C=O) groups excluding carboxylic acids is 1. The highest BCUT2D eigenvalue weighted by Gasteiger charge is 2.41. The summed E-state index contributed by atoms with van der Waals surface area (Å²) in [7, 11) is 0. The number of urea groups is 1. The fourth-order valence-corrected chi connectivity index (χ4v) is 3.58. The molecule has 0 spiro atoms. The second kappa shape index (κ2) is 9.29. The summed E-state index contributed by atoms with van der Waals surface area (Å²) in [4.78, 5) is 12.3. The van der Waals surface area contributed by atoms with Gasteiger partial charge in [0.25, 0.3) is 0 Å². The van der Waals surface area contributed by atoms with Crippen molar-refractivity contribution in [3.8, 4) is 6.07 Å². The third-order valence-electron chi connectivity index (χ3n) is 4.94. The maximum atomic E-state index is 12.3. The molecular formula is C19H27N3O2. The Kier molecular flexibility index (Phi) is 7.07. The van der Waals surface area contributed by atoms with Gasteiger partial charge in [-0.15, -0.1) is 0 Å². The molecule has 0 saturated heterocycles. The molecule has 1 saturated carbocycles. The van der Waals surface area contributed by atoms with E-state index in [1.54, 1.807) is 0 Å². The van der Waals surface area contributed by atoms with E-state index in [1.165, 1.54) is 6.42 Å². The average Bonchev–Trinajstić information content (AvgIpc) is 2.64. The molecule has 2 rings (SSSR count). The molecular weight excluding hydrogens is 302 g/mol. The van der Waals surface area contributed by atoms with Crippen LogP contribution in [-0.2, 0) is 0 Å². The Morgan fingerprint density at radius 3 is 2.58 bits per heavy atom. The van der Waals surface area contributed by atoms with Gasteiger partial charge < -0.3 is 15.7 Å². The molecule has 2 amide bonds. The van der Waals surface area contributed by atoms with E-state index < -0.39 is 0 Å². The van der Waals surface area contributed by atoms with Gasteiger partial charge in [-0.2, -0.15) is 5.26 Å². The Morgan fingerprint density at radius 1 is 1.25 bits per heavy atom. The largest absolute Gasteiger partial charge is 0.396 e. The molecule has 130 valence electrons. The van der Waals surface area contributed by atoms with Gasteiger partial charge >= 0.3 is 6.03 Å². The van der Waals surface area contributed by atoms with Gasteiger partial charge in [0.2, 0.25) is 0 Å². The van der Waals surface area contributed by atoms with Crippen LogP contribution < -0.4 is 10.6 Å². The van der Waals surface area contributed by atoms with Crippen LogP contribution in [0, 0.1) is 16.7 Å². The number of carbonyl (C=O) groups is 1. The number of aliphatic hydroxyl groups is 1. The Balaban J connectivity index is 2.11. The number of nitrogens with one attached hydrogen (secondary N) is 2. The molecule has 5 nitrogen and oxygen atoms in total. The van der Waals surface area contributed by atoms with Crippen molar-refractivity contribution < 1.29 is 9.90 Å². The number of benzene rings is 1. The number of hydrogen-bond acceptors (Lipinski definition) is 3. The van der Waals surface area contributed by atoms with E-state index in [0.29, 0.717) is 19.4 Å². The molecule has 24 heavy (non-hydrogen) atoms. The Labute approximate surface area is 144 Å². The van der Waals surface area contributed by atoms with Crippen molar-refractivity contribution in [3.05, 3.63) is 35.9 Å². The lowest BCUT2D eigenvalue weighted by molar-refractivity contribution is 0.0455. The van der Waals surface area contributed by atoms with Crippen LogP contribution >= 0.6 is 0 Å². The van der Waals surface area contributed by atoms with E-state index in [2.05, 4.69) is 16.7 Å². The lowest BCUT2D eigenvalue weighted by atomic mass is 9.67. The number of nitrogens with zero attached hydrogens (tertiary/aromatic N) is 1. The summed E-state index contributed by atoms with van der Waals surface area (Å²) in [5, 5.41) is 24.6. The zero-order valence-corrected chi connectivity index (χ0v) is 14.1. The summed E-state index contributed by atoms with van der Waals surface area (Å²) in [5.41, 5.74) is 0.726. The highest BCUT2D eigenvalue weighted by molar-refractivity contribution is 5.74. The molecule has 0 aliphatic heterocycles. The van der Waals surface area contributed by atoms with E-state index in [9.17, 15) is 9.90 Å². The summed E-state index contributed by atoms with van der Waals surface area (Å²) in [6.07, 6.45) is 6.25. The van der Waals surface area contributed by atoms with Gasteiger partial charge in [0.15, 0.2) is 0 Å². The van der Waals surface area contributed by atoms with Crippen LogP contribution in [0.3, 0.4) is 0 Å². The fourth-order valence-electron chi connectivity index (χ4n) is 3.58. The second-order valence-electron chi connectivity index (χ2n) is 6.59. The third kappa shape index (κ3) is 4.72. The first-order valence-corrected chi connectivity index (χ1v) is 8.79. The van der Waals surface area contributed by atoms with E-state index in [4.69, 9.17) is 5.26 Å². The van der Waals surface area contributed by atoms with Gasteiger partial charge in [-0.3, -0.25) is 0 Å². The maximum Gasteiger partial charge on any atom is 0.315 e. The number of rotatable bonds is 7. The highest BCUT2D eigenvalue weighted by Crippen LogP contribution is 2.45. The zero-order valence-electron chi connectivity index (χ0n) is 14.1. The Morgan fingerprint density at radius 2 is 1.96 bits per heavy atom. The first kappa shape index (κ1) is 18.3. The first-order chi connectivity index (χ1) is 11.7. The molecule has 0 aromatic heterocycles. The molecule has 5 heteroatoms. The lowest BCUT2D eigenvalue weighted by Crippen LogP contribution is -2.47. The van der Waals surface area contributed by atoms with E-state index in [-0.39, 0.29) is 24.1 Å². The van der Waals surface area contributed by atoms with Crippen LogP contribution in [0.2, 0.25) is 0 Å². The van der Waals surface area contributed by atoms with Crippen molar-refractivity contribution in [2.45, 2.75) is 51.0 Å². The third-order valence-corrected chi connectivity index (χ3v) is 4.94. The van der Waals surface area contributed by atoms with Crippen molar-refractivity contribution >= 4 is 6.03 Å². The Hall–Kier alpha value is -2.06. The van der Waals surface area contributed by atoms with Crippen molar-refractivity contribution in [1.82, 2.24) is 10.6 Å². The molecule has 1 unspecified atom stereocenters. The van der Waals surface area contributed by atoms with Gasteiger partial charge in [-0.05, 0) is 24.8 Å². The Bertz CT molecular complexity index is 547. The quantitative estimate of drug-likeness (QED) is 0.671. The zero-order chi connectivity index (χ0) is 17.3. The van der Waals surface area contributed by atoms with Crippen LogP contribution in [0.15, 0.2) is 30.3 Å². The number of unbranched alkanes of at least 4 members (excludes halogenated alkanes) is 1. The molecule has 3 N–H and O–H groups in total. The van der Waals surface area contributed by atoms with Crippen LogP contribution in [0.25, 0.3) is 0 Å².